The second kappa shape index (κ2) is 10.6. The molecule has 27 heavy (non-hydrogen) atoms. The Morgan fingerprint density at radius 2 is 2.04 bits per heavy atom. The number of rotatable bonds is 11. The van der Waals surface area contributed by atoms with Crippen molar-refractivity contribution in [3.63, 3.8) is 0 Å². The zero-order valence-corrected chi connectivity index (χ0v) is 17.3. The van der Waals surface area contributed by atoms with Gasteiger partial charge >= 0.3 is 0 Å². The summed E-state index contributed by atoms with van der Waals surface area (Å²) in [5, 5.41) is 9.83. The van der Waals surface area contributed by atoms with Crippen molar-refractivity contribution in [3.8, 4) is 11.5 Å². The van der Waals surface area contributed by atoms with Gasteiger partial charge in [0.2, 0.25) is 0 Å². The lowest BCUT2D eigenvalue weighted by atomic mass is 9.89. The summed E-state index contributed by atoms with van der Waals surface area (Å²) < 4.78 is 5.86. The normalized spacial score (nSPS) is 12.3. The van der Waals surface area contributed by atoms with E-state index in [4.69, 9.17) is 4.74 Å². The Morgan fingerprint density at radius 1 is 1.33 bits per heavy atom. The van der Waals surface area contributed by atoms with Crippen LogP contribution in [0.3, 0.4) is 0 Å². The van der Waals surface area contributed by atoms with Crippen molar-refractivity contribution < 1.29 is 14.6 Å². The van der Waals surface area contributed by atoms with Crippen molar-refractivity contribution >= 4 is 6.29 Å². The van der Waals surface area contributed by atoms with Crippen molar-refractivity contribution in [1.82, 2.24) is 4.90 Å². The lowest BCUT2D eigenvalue weighted by Gasteiger charge is -2.34. The number of benzene rings is 1. The summed E-state index contributed by atoms with van der Waals surface area (Å²) in [5.41, 5.74) is 2.18. The van der Waals surface area contributed by atoms with E-state index in [2.05, 4.69) is 39.2 Å². The number of nitrogens with zero attached hydrogens (tertiary/aromatic N) is 1. The first kappa shape index (κ1) is 22.6. The van der Waals surface area contributed by atoms with Crippen LogP contribution in [0.5, 0.6) is 11.5 Å². The molecule has 148 valence electrons. The molecule has 0 heterocycles. The molecule has 0 aromatic heterocycles. The van der Waals surface area contributed by atoms with Crippen LogP contribution in [0.15, 0.2) is 54.3 Å². The Hall–Kier alpha value is -2.49. The smallest absolute Gasteiger partial charge is 0.157 e. The monoisotopic (exact) mass is 371 g/mol. The fraction of sp³-hybridized carbons (Fsp3) is 0.435. The SMILES string of the molecule is C=C(/C(=C\C=C/C)COc1cccc(O)c1C=O)N(CC)CC(C)(C)CC. The van der Waals surface area contributed by atoms with Crippen LogP contribution < -0.4 is 4.74 Å². The van der Waals surface area contributed by atoms with Gasteiger partial charge in [0.15, 0.2) is 6.29 Å². The number of allylic oxidation sites excluding steroid dienone is 3. The highest BCUT2D eigenvalue weighted by molar-refractivity contribution is 5.83. The summed E-state index contributed by atoms with van der Waals surface area (Å²) in [5.74, 6) is 0.279. The Morgan fingerprint density at radius 3 is 2.59 bits per heavy atom. The van der Waals surface area contributed by atoms with Gasteiger partial charge < -0.3 is 14.7 Å². The average molecular weight is 372 g/mol. The average Bonchev–Trinajstić information content (AvgIpc) is 2.65. The number of carbonyl (C=O) groups excluding carboxylic acids is 1. The Labute approximate surface area is 163 Å². The standard InChI is InChI=1S/C23H33NO3/c1-7-10-12-19(18(4)24(9-3)17-23(5,6)8-2)16-27-22-14-11-13-21(26)20(22)15-25/h7,10-15,26H,4,8-9,16-17H2,1-3,5-6H3/b10-7-,19-12-. The molecular formula is C23H33NO3. The van der Waals surface area contributed by atoms with E-state index >= 15 is 0 Å². The molecule has 0 saturated heterocycles. The van der Waals surface area contributed by atoms with Gasteiger partial charge in [0.05, 0.1) is 5.56 Å². The molecule has 1 N–H and O–H groups in total. The summed E-state index contributed by atoms with van der Waals surface area (Å²) in [6.07, 6.45) is 7.56. The Bertz CT molecular complexity index is 702. The third kappa shape index (κ3) is 6.63. The molecule has 0 radical (unpaired) electrons. The topological polar surface area (TPSA) is 49.8 Å². The molecule has 0 aliphatic rings. The van der Waals surface area contributed by atoms with Crippen molar-refractivity contribution in [2.75, 3.05) is 19.7 Å². The van der Waals surface area contributed by atoms with Gasteiger partial charge in [-0.1, -0.05) is 51.6 Å². The van der Waals surface area contributed by atoms with E-state index in [1.165, 1.54) is 6.07 Å². The van der Waals surface area contributed by atoms with Crippen molar-refractivity contribution in [2.24, 2.45) is 5.41 Å². The number of carbonyl (C=O) groups is 1. The first-order valence-corrected chi connectivity index (χ1v) is 9.45. The molecule has 0 atom stereocenters. The third-order valence-corrected chi connectivity index (χ3v) is 4.74. The maximum Gasteiger partial charge on any atom is 0.157 e. The van der Waals surface area contributed by atoms with Crippen LogP contribution in [0.1, 0.15) is 51.4 Å². The molecule has 1 aromatic rings. The lowest BCUT2D eigenvalue weighted by molar-refractivity contribution is 0.111. The molecule has 0 aliphatic heterocycles. The maximum absolute atomic E-state index is 11.3. The first-order chi connectivity index (χ1) is 12.8. The summed E-state index contributed by atoms with van der Waals surface area (Å²) in [4.78, 5) is 13.5. The number of phenolic OH excluding ortho intramolecular Hbond substituents is 1. The molecule has 1 aromatic carbocycles. The number of aldehydes is 1. The molecule has 4 heteroatoms. The summed E-state index contributed by atoms with van der Waals surface area (Å²) in [7, 11) is 0. The fourth-order valence-corrected chi connectivity index (χ4v) is 2.60. The molecule has 0 fully saturated rings. The molecule has 0 bridgehead atoms. The summed E-state index contributed by atoms with van der Waals surface area (Å²) in [6, 6.07) is 4.80. The molecule has 1 rings (SSSR count). The van der Waals surface area contributed by atoms with Gasteiger partial charge in [-0.15, -0.1) is 0 Å². The van der Waals surface area contributed by atoms with Crippen LogP contribution in [0.2, 0.25) is 0 Å². The Balaban J connectivity index is 3.04. The second-order valence-corrected chi connectivity index (χ2v) is 7.29. The van der Waals surface area contributed by atoms with Gasteiger partial charge in [0.1, 0.15) is 18.1 Å². The minimum atomic E-state index is -0.0832. The van der Waals surface area contributed by atoms with Gasteiger partial charge in [-0.25, -0.2) is 0 Å². The third-order valence-electron chi connectivity index (χ3n) is 4.74. The highest BCUT2D eigenvalue weighted by atomic mass is 16.5. The molecule has 0 aliphatic carbocycles. The lowest BCUT2D eigenvalue weighted by Crippen LogP contribution is -2.34. The van der Waals surface area contributed by atoms with Crippen molar-refractivity contribution in [2.45, 2.75) is 41.0 Å². The molecule has 0 spiro atoms. The van der Waals surface area contributed by atoms with E-state index in [1.807, 2.05) is 25.2 Å². The number of likely N-dealkylation sites (N-methyl/N-ethyl adjacent to an activating group) is 1. The molecule has 0 amide bonds. The largest absolute Gasteiger partial charge is 0.507 e. The number of aromatic hydroxyl groups is 1. The minimum absolute atomic E-state index is 0.0832. The van der Waals surface area contributed by atoms with Gasteiger partial charge in [0, 0.05) is 24.4 Å². The highest BCUT2D eigenvalue weighted by Gasteiger charge is 2.21. The summed E-state index contributed by atoms with van der Waals surface area (Å²) >= 11 is 0. The fourth-order valence-electron chi connectivity index (χ4n) is 2.60. The first-order valence-electron chi connectivity index (χ1n) is 9.45. The maximum atomic E-state index is 11.3. The Kier molecular flexibility index (Phi) is 8.86. The highest BCUT2D eigenvalue weighted by Crippen LogP contribution is 2.28. The van der Waals surface area contributed by atoms with E-state index in [9.17, 15) is 9.90 Å². The molecule has 0 saturated carbocycles. The van der Waals surface area contributed by atoms with E-state index < -0.39 is 0 Å². The van der Waals surface area contributed by atoms with Gasteiger partial charge in [-0.05, 0) is 37.8 Å². The van der Waals surface area contributed by atoms with E-state index in [1.54, 1.807) is 12.1 Å². The van der Waals surface area contributed by atoms with Gasteiger partial charge in [-0.2, -0.15) is 0 Å². The van der Waals surface area contributed by atoms with Crippen molar-refractivity contribution in [1.29, 1.82) is 0 Å². The van der Waals surface area contributed by atoms with Crippen LogP contribution in [-0.2, 0) is 0 Å². The number of phenols is 1. The second-order valence-electron chi connectivity index (χ2n) is 7.29. The number of ether oxygens (including phenoxy) is 1. The van der Waals surface area contributed by atoms with Crippen LogP contribution in [0, 0.1) is 5.41 Å². The zero-order valence-electron chi connectivity index (χ0n) is 17.3. The summed E-state index contributed by atoms with van der Waals surface area (Å²) in [6.45, 7) is 17.1. The predicted molar refractivity (Wildman–Crippen MR) is 112 cm³/mol. The zero-order chi connectivity index (χ0) is 20.4. The van der Waals surface area contributed by atoms with E-state index in [-0.39, 0.29) is 23.3 Å². The van der Waals surface area contributed by atoms with Crippen molar-refractivity contribution in [3.05, 3.63) is 59.8 Å². The number of hydrogen-bond donors (Lipinski definition) is 1. The van der Waals surface area contributed by atoms with Crippen LogP contribution >= 0.6 is 0 Å². The van der Waals surface area contributed by atoms with Crippen LogP contribution in [-0.4, -0.2) is 36.0 Å². The van der Waals surface area contributed by atoms with Gasteiger partial charge in [-0.3, -0.25) is 4.79 Å². The molecule has 4 nitrogen and oxygen atoms in total. The number of hydrogen-bond acceptors (Lipinski definition) is 4. The van der Waals surface area contributed by atoms with E-state index in [0.29, 0.717) is 12.0 Å². The van der Waals surface area contributed by atoms with Crippen LogP contribution in [0.25, 0.3) is 0 Å². The quantitative estimate of drug-likeness (QED) is 0.420. The van der Waals surface area contributed by atoms with Gasteiger partial charge in [0.25, 0.3) is 0 Å². The van der Waals surface area contributed by atoms with E-state index in [0.717, 1.165) is 30.8 Å². The molecule has 0 unspecified atom stereocenters. The van der Waals surface area contributed by atoms with Crippen LogP contribution in [0.4, 0.5) is 0 Å². The minimum Gasteiger partial charge on any atom is -0.507 e. The predicted octanol–water partition coefficient (Wildman–Crippen LogP) is 5.36. The molecular weight excluding hydrogens is 338 g/mol.